The van der Waals surface area contributed by atoms with Gasteiger partial charge in [-0.3, -0.25) is 0 Å². The van der Waals surface area contributed by atoms with Crippen LogP contribution in [0.4, 0.5) is 5.69 Å². The van der Waals surface area contributed by atoms with Crippen LogP contribution in [0.15, 0.2) is 30.3 Å². The monoisotopic (exact) mass is 345 g/mol. The van der Waals surface area contributed by atoms with Crippen molar-refractivity contribution >= 4 is 5.69 Å². The second-order valence-corrected chi connectivity index (χ2v) is 8.15. The Hall–Kier alpha value is -0.980. The molecule has 0 radical (unpaired) electrons. The van der Waals surface area contributed by atoms with Crippen molar-refractivity contribution in [1.29, 1.82) is 0 Å². The Morgan fingerprint density at radius 2 is 1.36 bits per heavy atom. The fraction of sp³-hybridized carbons (Fsp3) is 0.750. The van der Waals surface area contributed by atoms with Crippen molar-refractivity contribution in [2.24, 2.45) is 11.8 Å². The van der Waals surface area contributed by atoms with Gasteiger partial charge in [0.25, 0.3) is 0 Å². The van der Waals surface area contributed by atoms with Crippen LogP contribution in [-0.4, -0.2) is 5.54 Å². The first-order valence-electron chi connectivity index (χ1n) is 10.9. The van der Waals surface area contributed by atoms with E-state index in [1.54, 1.807) is 0 Å². The maximum atomic E-state index is 4.00. The van der Waals surface area contributed by atoms with E-state index in [1.807, 2.05) is 0 Å². The van der Waals surface area contributed by atoms with Gasteiger partial charge in [-0.2, -0.15) is 0 Å². The van der Waals surface area contributed by atoms with Crippen molar-refractivity contribution in [3.8, 4) is 0 Å². The summed E-state index contributed by atoms with van der Waals surface area (Å²) in [6.07, 6.45) is 13.4. The molecule has 0 aliphatic heterocycles. The second kappa shape index (κ2) is 12.4. The van der Waals surface area contributed by atoms with Crippen LogP contribution in [0.5, 0.6) is 0 Å². The van der Waals surface area contributed by atoms with E-state index in [-0.39, 0.29) is 5.54 Å². The van der Waals surface area contributed by atoms with Gasteiger partial charge in [-0.25, -0.2) is 0 Å². The largest absolute Gasteiger partial charge is 0.379 e. The molecule has 0 saturated heterocycles. The highest BCUT2D eigenvalue weighted by Gasteiger charge is 2.38. The Labute approximate surface area is 158 Å². The number of anilines is 1. The molecule has 144 valence electrons. The van der Waals surface area contributed by atoms with Crippen LogP contribution in [0, 0.1) is 11.8 Å². The number of hydrogen-bond acceptors (Lipinski definition) is 1. The van der Waals surface area contributed by atoms with E-state index in [9.17, 15) is 0 Å². The molecular formula is C24H43N. The van der Waals surface area contributed by atoms with Gasteiger partial charge in [0.15, 0.2) is 0 Å². The molecule has 0 amide bonds. The molecule has 0 aliphatic carbocycles. The van der Waals surface area contributed by atoms with Crippen molar-refractivity contribution in [3.05, 3.63) is 30.3 Å². The summed E-state index contributed by atoms with van der Waals surface area (Å²) >= 11 is 0. The molecule has 1 nitrogen and oxygen atoms in total. The van der Waals surface area contributed by atoms with Crippen molar-refractivity contribution in [2.45, 2.75) is 104 Å². The zero-order chi connectivity index (χ0) is 18.5. The first-order valence-corrected chi connectivity index (χ1v) is 10.9. The minimum Gasteiger partial charge on any atom is -0.379 e. The van der Waals surface area contributed by atoms with Crippen LogP contribution in [0.2, 0.25) is 0 Å². The molecule has 0 aliphatic rings. The third kappa shape index (κ3) is 7.42. The summed E-state index contributed by atoms with van der Waals surface area (Å²) < 4.78 is 0. The molecule has 0 aromatic heterocycles. The highest BCUT2D eigenvalue weighted by atomic mass is 15.0. The van der Waals surface area contributed by atoms with Gasteiger partial charge in [-0.05, 0) is 50.2 Å². The molecule has 0 spiro atoms. The number of hydrogen-bond donors (Lipinski definition) is 1. The van der Waals surface area contributed by atoms with E-state index in [0.717, 1.165) is 5.92 Å². The van der Waals surface area contributed by atoms with Crippen molar-refractivity contribution in [3.63, 3.8) is 0 Å². The Morgan fingerprint density at radius 1 is 0.800 bits per heavy atom. The highest BCUT2D eigenvalue weighted by Crippen LogP contribution is 2.39. The number of para-hydroxylation sites is 1. The topological polar surface area (TPSA) is 12.0 Å². The smallest absolute Gasteiger partial charge is 0.0399 e. The van der Waals surface area contributed by atoms with Crippen molar-refractivity contribution in [2.75, 3.05) is 5.32 Å². The van der Waals surface area contributed by atoms with Gasteiger partial charge in [-0.15, -0.1) is 0 Å². The summed E-state index contributed by atoms with van der Waals surface area (Å²) in [6, 6.07) is 10.9. The zero-order valence-corrected chi connectivity index (χ0v) is 17.6. The molecular weight excluding hydrogens is 302 g/mol. The predicted molar refractivity (Wildman–Crippen MR) is 114 cm³/mol. The molecule has 25 heavy (non-hydrogen) atoms. The van der Waals surface area contributed by atoms with Crippen LogP contribution in [0.1, 0.15) is 98.8 Å². The van der Waals surface area contributed by atoms with Crippen LogP contribution < -0.4 is 5.32 Å². The molecule has 0 saturated carbocycles. The second-order valence-electron chi connectivity index (χ2n) is 8.15. The fourth-order valence-electron chi connectivity index (χ4n) is 4.11. The van der Waals surface area contributed by atoms with Gasteiger partial charge in [0.2, 0.25) is 0 Å². The normalized spacial score (nSPS) is 15.1. The average Bonchev–Trinajstić information content (AvgIpc) is 2.62. The average molecular weight is 346 g/mol. The lowest BCUT2D eigenvalue weighted by molar-refractivity contribution is 0.190. The molecule has 1 aromatic rings. The SMILES string of the molecule is CCCCCC(C)C(C)(Nc1ccccc1)C(CCCC)CCCC. The third-order valence-corrected chi connectivity index (χ3v) is 6.11. The third-order valence-electron chi connectivity index (χ3n) is 6.11. The molecule has 0 heterocycles. The van der Waals surface area contributed by atoms with Gasteiger partial charge in [0.1, 0.15) is 0 Å². The number of unbranched alkanes of at least 4 members (excludes halogenated alkanes) is 4. The number of nitrogens with one attached hydrogen (secondary N) is 1. The van der Waals surface area contributed by atoms with E-state index >= 15 is 0 Å². The van der Waals surface area contributed by atoms with E-state index < -0.39 is 0 Å². The number of benzene rings is 1. The van der Waals surface area contributed by atoms with E-state index in [1.165, 1.54) is 69.9 Å². The standard InChI is InChI=1S/C24H43N/c1-6-9-13-16-21(4)24(5,25-23-19-14-12-15-20-23)22(17-10-7-2)18-11-8-3/h12,14-15,19-22,25H,6-11,13,16-18H2,1-5H3. The Bertz CT molecular complexity index is 419. The van der Waals surface area contributed by atoms with Gasteiger partial charge >= 0.3 is 0 Å². The Balaban J connectivity index is 2.99. The minimum absolute atomic E-state index is 0.180. The quantitative estimate of drug-likeness (QED) is 0.336. The van der Waals surface area contributed by atoms with Crippen LogP contribution >= 0.6 is 0 Å². The summed E-state index contributed by atoms with van der Waals surface area (Å²) in [4.78, 5) is 0. The zero-order valence-electron chi connectivity index (χ0n) is 17.6. The molecule has 2 unspecified atom stereocenters. The maximum absolute atomic E-state index is 4.00. The summed E-state index contributed by atoms with van der Waals surface area (Å²) in [7, 11) is 0. The molecule has 2 atom stereocenters. The molecule has 0 bridgehead atoms. The first kappa shape index (κ1) is 22.1. The fourth-order valence-corrected chi connectivity index (χ4v) is 4.11. The lowest BCUT2D eigenvalue weighted by Crippen LogP contribution is -2.48. The van der Waals surface area contributed by atoms with Gasteiger partial charge in [0.05, 0.1) is 0 Å². The van der Waals surface area contributed by atoms with Crippen molar-refractivity contribution in [1.82, 2.24) is 0 Å². The summed E-state index contributed by atoms with van der Waals surface area (Å²) in [6.45, 7) is 11.9. The lowest BCUT2D eigenvalue weighted by Gasteiger charge is -2.45. The Morgan fingerprint density at radius 3 is 1.88 bits per heavy atom. The summed E-state index contributed by atoms with van der Waals surface area (Å²) in [5.41, 5.74) is 1.46. The maximum Gasteiger partial charge on any atom is 0.0399 e. The molecule has 1 heteroatoms. The van der Waals surface area contributed by atoms with Crippen LogP contribution in [0.3, 0.4) is 0 Å². The van der Waals surface area contributed by atoms with Gasteiger partial charge < -0.3 is 5.32 Å². The molecule has 1 N–H and O–H groups in total. The number of rotatable bonds is 14. The van der Waals surface area contributed by atoms with E-state index in [0.29, 0.717) is 5.92 Å². The van der Waals surface area contributed by atoms with Crippen LogP contribution in [-0.2, 0) is 0 Å². The molecule has 1 aromatic carbocycles. The van der Waals surface area contributed by atoms with E-state index in [4.69, 9.17) is 0 Å². The molecule has 1 rings (SSSR count). The minimum atomic E-state index is 0.180. The first-order chi connectivity index (χ1) is 12.1. The highest BCUT2D eigenvalue weighted by molar-refractivity contribution is 5.45. The molecule has 0 fully saturated rings. The van der Waals surface area contributed by atoms with Gasteiger partial charge in [0, 0.05) is 11.2 Å². The van der Waals surface area contributed by atoms with Crippen LogP contribution in [0.25, 0.3) is 0 Å². The predicted octanol–water partition coefficient (Wildman–Crippen LogP) is 8.07. The summed E-state index contributed by atoms with van der Waals surface area (Å²) in [5.74, 6) is 1.45. The summed E-state index contributed by atoms with van der Waals surface area (Å²) in [5, 5.41) is 4.00. The Kier molecular flexibility index (Phi) is 10.9. The van der Waals surface area contributed by atoms with E-state index in [2.05, 4.69) is 70.3 Å². The van der Waals surface area contributed by atoms with Crippen molar-refractivity contribution < 1.29 is 0 Å². The lowest BCUT2D eigenvalue weighted by atomic mass is 9.70. The van der Waals surface area contributed by atoms with Gasteiger partial charge in [-0.1, -0.05) is 90.8 Å².